The molecule has 1 heterocycles. The van der Waals surface area contributed by atoms with Crippen LogP contribution in [0.1, 0.15) is 39.5 Å². The summed E-state index contributed by atoms with van der Waals surface area (Å²) in [5.74, 6) is 1.11. The summed E-state index contributed by atoms with van der Waals surface area (Å²) in [6, 6.07) is -0.302. The summed E-state index contributed by atoms with van der Waals surface area (Å²) >= 11 is 1.75. The maximum atomic E-state index is 12.2. The Morgan fingerprint density at radius 1 is 1.39 bits per heavy atom. The summed E-state index contributed by atoms with van der Waals surface area (Å²) in [6.07, 6.45) is 6.24. The summed E-state index contributed by atoms with van der Waals surface area (Å²) in [4.78, 5) is 14.1. The third-order valence-corrected chi connectivity index (χ3v) is 4.25. The summed E-state index contributed by atoms with van der Waals surface area (Å²) in [6.45, 7) is 6.33. The van der Waals surface area contributed by atoms with Crippen molar-refractivity contribution in [1.82, 2.24) is 4.90 Å². The molecule has 3 nitrogen and oxygen atoms in total. The van der Waals surface area contributed by atoms with Crippen LogP contribution >= 0.6 is 24.2 Å². The van der Waals surface area contributed by atoms with E-state index in [4.69, 9.17) is 5.73 Å². The van der Waals surface area contributed by atoms with E-state index in [1.54, 1.807) is 11.8 Å². The first-order valence-corrected chi connectivity index (χ1v) is 7.89. The average molecular weight is 295 g/mol. The highest BCUT2D eigenvalue weighted by atomic mass is 35.5. The maximum Gasteiger partial charge on any atom is 0.239 e. The van der Waals surface area contributed by atoms with Gasteiger partial charge in [-0.2, -0.15) is 11.8 Å². The number of nitrogens with zero attached hydrogens (tertiary/aromatic N) is 1. The van der Waals surface area contributed by atoms with Crippen LogP contribution in [0.15, 0.2) is 0 Å². The predicted molar refractivity (Wildman–Crippen MR) is 82.4 cm³/mol. The Bertz CT molecular complexity index is 261. The summed E-state index contributed by atoms with van der Waals surface area (Å²) in [7, 11) is 0. The lowest BCUT2D eigenvalue weighted by Gasteiger charge is -2.25. The van der Waals surface area contributed by atoms with Crippen LogP contribution in [-0.4, -0.2) is 41.9 Å². The van der Waals surface area contributed by atoms with Crippen LogP contribution in [0.25, 0.3) is 0 Å². The number of hydrogen-bond acceptors (Lipinski definition) is 3. The first-order valence-electron chi connectivity index (χ1n) is 6.49. The Morgan fingerprint density at radius 2 is 2.06 bits per heavy atom. The molecule has 0 aliphatic carbocycles. The molecule has 1 amide bonds. The van der Waals surface area contributed by atoms with E-state index < -0.39 is 0 Å². The summed E-state index contributed by atoms with van der Waals surface area (Å²) in [5.41, 5.74) is 6.32. The van der Waals surface area contributed by atoms with Gasteiger partial charge < -0.3 is 10.6 Å². The molecule has 0 radical (unpaired) electrons. The molecule has 18 heavy (non-hydrogen) atoms. The number of nitrogens with two attached hydrogens (primary N) is 1. The third kappa shape index (κ3) is 5.81. The molecule has 1 aliphatic heterocycles. The Balaban J connectivity index is 0.00000289. The Morgan fingerprint density at radius 3 is 2.67 bits per heavy atom. The van der Waals surface area contributed by atoms with Crippen molar-refractivity contribution < 1.29 is 4.79 Å². The van der Waals surface area contributed by atoms with Crippen LogP contribution in [0.4, 0.5) is 0 Å². The summed E-state index contributed by atoms with van der Waals surface area (Å²) in [5, 5.41) is 0. The lowest BCUT2D eigenvalue weighted by atomic mass is 9.85. The predicted octanol–water partition coefficient (Wildman–Crippen LogP) is 2.53. The second kappa shape index (κ2) is 8.28. The molecule has 0 spiro atoms. The maximum absolute atomic E-state index is 12.2. The van der Waals surface area contributed by atoms with E-state index in [1.165, 1.54) is 6.42 Å². The van der Waals surface area contributed by atoms with Gasteiger partial charge in [-0.25, -0.2) is 0 Å². The minimum Gasteiger partial charge on any atom is -0.341 e. The fraction of sp³-hybridized carbons (Fsp3) is 0.923. The topological polar surface area (TPSA) is 46.3 Å². The standard InChI is InChI=1S/C13H26N2OS.ClH/c1-13(2)6-4-8-15(9-7-13)12(16)11(14)5-10-17-3;/h11H,4-10,14H2,1-3H3;1H/t11-;/m0./s1. The van der Waals surface area contributed by atoms with Gasteiger partial charge in [0.15, 0.2) is 0 Å². The highest BCUT2D eigenvalue weighted by Gasteiger charge is 2.27. The van der Waals surface area contributed by atoms with Gasteiger partial charge in [0.1, 0.15) is 0 Å². The highest BCUT2D eigenvalue weighted by Crippen LogP contribution is 2.29. The number of likely N-dealkylation sites (tertiary alicyclic amines) is 1. The molecule has 1 saturated heterocycles. The van der Waals surface area contributed by atoms with Crippen LogP contribution in [0.5, 0.6) is 0 Å². The van der Waals surface area contributed by atoms with E-state index in [9.17, 15) is 4.79 Å². The summed E-state index contributed by atoms with van der Waals surface area (Å²) < 4.78 is 0. The second-order valence-electron chi connectivity index (χ2n) is 5.73. The second-order valence-corrected chi connectivity index (χ2v) is 6.72. The Hall–Kier alpha value is 0.0700. The zero-order chi connectivity index (χ0) is 12.9. The van der Waals surface area contributed by atoms with E-state index in [2.05, 4.69) is 13.8 Å². The molecular formula is C13H27ClN2OS. The first kappa shape index (κ1) is 18.1. The SMILES string of the molecule is CSCC[C@H](N)C(=O)N1CCCC(C)(C)CC1.Cl. The van der Waals surface area contributed by atoms with Crippen LogP contribution < -0.4 is 5.73 Å². The quantitative estimate of drug-likeness (QED) is 0.867. The number of thioether (sulfide) groups is 1. The molecule has 1 rings (SSSR count). The lowest BCUT2D eigenvalue weighted by Crippen LogP contribution is -2.44. The molecule has 0 unspecified atom stereocenters. The van der Waals surface area contributed by atoms with Gasteiger partial charge in [-0.1, -0.05) is 13.8 Å². The number of hydrogen-bond donors (Lipinski definition) is 1. The number of carbonyl (C=O) groups is 1. The minimum absolute atomic E-state index is 0. The molecule has 1 aliphatic rings. The van der Waals surface area contributed by atoms with Crippen molar-refractivity contribution in [1.29, 1.82) is 0 Å². The molecular weight excluding hydrogens is 268 g/mol. The molecule has 0 aromatic rings. The number of carbonyl (C=O) groups excluding carboxylic acids is 1. The average Bonchev–Trinajstić information content (AvgIpc) is 2.46. The molecule has 1 atom stereocenters. The van der Waals surface area contributed by atoms with Crippen molar-refractivity contribution >= 4 is 30.1 Å². The largest absolute Gasteiger partial charge is 0.341 e. The van der Waals surface area contributed by atoms with E-state index in [0.717, 1.165) is 38.1 Å². The Kier molecular flexibility index (Phi) is 8.31. The van der Waals surface area contributed by atoms with Gasteiger partial charge >= 0.3 is 0 Å². The molecule has 2 N–H and O–H groups in total. The van der Waals surface area contributed by atoms with Crippen molar-refractivity contribution in [3.8, 4) is 0 Å². The van der Waals surface area contributed by atoms with Gasteiger partial charge in [-0.3, -0.25) is 4.79 Å². The fourth-order valence-electron chi connectivity index (χ4n) is 2.25. The van der Waals surface area contributed by atoms with E-state index in [0.29, 0.717) is 5.41 Å². The van der Waals surface area contributed by atoms with E-state index in [-0.39, 0.29) is 24.4 Å². The normalized spacial score (nSPS) is 20.8. The highest BCUT2D eigenvalue weighted by molar-refractivity contribution is 7.98. The van der Waals surface area contributed by atoms with Gasteiger partial charge in [0.05, 0.1) is 6.04 Å². The third-order valence-electron chi connectivity index (χ3n) is 3.60. The Labute approximate surface area is 122 Å². The smallest absolute Gasteiger partial charge is 0.239 e. The minimum atomic E-state index is -0.302. The van der Waals surface area contributed by atoms with Crippen molar-refractivity contribution in [2.24, 2.45) is 11.1 Å². The van der Waals surface area contributed by atoms with Gasteiger partial charge in [0.25, 0.3) is 0 Å². The zero-order valence-electron chi connectivity index (χ0n) is 11.8. The molecule has 108 valence electrons. The van der Waals surface area contributed by atoms with Crippen LogP contribution in [0.2, 0.25) is 0 Å². The number of rotatable bonds is 4. The number of halogens is 1. The molecule has 5 heteroatoms. The lowest BCUT2D eigenvalue weighted by molar-refractivity contribution is -0.132. The molecule has 1 fully saturated rings. The van der Waals surface area contributed by atoms with Crippen molar-refractivity contribution in [3.63, 3.8) is 0 Å². The molecule has 0 aromatic carbocycles. The van der Waals surface area contributed by atoms with Crippen molar-refractivity contribution in [2.45, 2.75) is 45.6 Å². The van der Waals surface area contributed by atoms with Crippen LogP contribution in [0, 0.1) is 5.41 Å². The van der Waals surface area contributed by atoms with Crippen LogP contribution in [-0.2, 0) is 4.79 Å². The van der Waals surface area contributed by atoms with Gasteiger partial charge in [0, 0.05) is 13.1 Å². The van der Waals surface area contributed by atoms with E-state index in [1.807, 2.05) is 11.2 Å². The van der Waals surface area contributed by atoms with Gasteiger partial charge in [-0.05, 0) is 43.1 Å². The van der Waals surface area contributed by atoms with Gasteiger partial charge in [-0.15, -0.1) is 12.4 Å². The number of amides is 1. The first-order chi connectivity index (χ1) is 7.96. The molecule has 0 bridgehead atoms. The van der Waals surface area contributed by atoms with Gasteiger partial charge in [0.2, 0.25) is 5.91 Å². The zero-order valence-corrected chi connectivity index (χ0v) is 13.4. The molecule has 0 aromatic heterocycles. The van der Waals surface area contributed by atoms with Crippen molar-refractivity contribution in [2.75, 3.05) is 25.1 Å². The van der Waals surface area contributed by atoms with Crippen LogP contribution in [0.3, 0.4) is 0 Å². The molecule has 0 saturated carbocycles. The monoisotopic (exact) mass is 294 g/mol. The van der Waals surface area contributed by atoms with E-state index >= 15 is 0 Å². The van der Waals surface area contributed by atoms with Crippen molar-refractivity contribution in [3.05, 3.63) is 0 Å². The fourth-order valence-corrected chi connectivity index (χ4v) is 2.74.